The minimum Gasteiger partial charge on any atom is -0.337 e. The van der Waals surface area contributed by atoms with E-state index in [0.29, 0.717) is 11.7 Å². The monoisotopic (exact) mass is 265 g/mol. The smallest absolute Gasteiger partial charge is 0.248 e. The first-order valence-corrected chi connectivity index (χ1v) is 6.45. The van der Waals surface area contributed by atoms with Gasteiger partial charge in [0.15, 0.2) is 0 Å². The normalized spacial score (nSPS) is 12.3. The van der Waals surface area contributed by atoms with Gasteiger partial charge in [0.25, 0.3) is 0 Å². The lowest BCUT2D eigenvalue weighted by Gasteiger charge is -2.05. The SMILES string of the molecule is Cc1ccc(-c2noc(C(N)c3ccccc3)n2)cc1. The highest BCUT2D eigenvalue weighted by atomic mass is 16.5. The van der Waals surface area contributed by atoms with Gasteiger partial charge in [-0.25, -0.2) is 0 Å². The summed E-state index contributed by atoms with van der Waals surface area (Å²) in [4.78, 5) is 4.38. The zero-order valence-corrected chi connectivity index (χ0v) is 11.2. The van der Waals surface area contributed by atoms with Gasteiger partial charge >= 0.3 is 0 Å². The molecule has 1 aromatic heterocycles. The molecule has 1 unspecified atom stereocenters. The summed E-state index contributed by atoms with van der Waals surface area (Å²) in [5.74, 6) is 0.984. The van der Waals surface area contributed by atoms with Crippen molar-refractivity contribution in [1.82, 2.24) is 10.1 Å². The predicted octanol–water partition coefficient (Wildman–Crippen LogP) is 3.09. The van der Waals surface area contributed by atoms with E-state index in [1.165, 1.54) is 5.56 Å². The van der Waals surface area contributed by atoms with Crippen molar-refractivity contribution >= 4 is 0 Å². The van der Waals surface area contributed by atoms with Gasteiger partial charge in [-0.15, -0.1) is 0 Å². The molecule has 0 aliphatic rings. The van der Waals surface area contributed by atoms with Crippen LogP contribution in [0.4, 0.5) is 0 Å². The van der Waals surface area contributed by atoms with Gasteiger partial charge < -0.3 is 10.3 Å². The highest BCUT2D eigenvalue weighted by Gasteiger charge is 2.17. The Bertz CT molecular complexity index is 689. The van der Waals surface area contributed by atoms with Crippen molar-refractivity contribution in [2.45, 2.75) is 13.0 Å². The largest absolute Gasteiger partial charge is 0.337 e. The molecule has 20 heavy (non-hydrogen) atoms. The molecule has 3 aromatic rings. The van der Waals surface area contributed by atoms with Crippen molar-refractivity contribution in [2.75, 3.05) is 0 Å². The van der Waals surface area contributed by atoms with E-state index in [-0.39, 0.29) is 0 Å². The summed E-state index contributed by atoms with van der Waals surface area (Å²) < 4.78 is 5.28. The van der Waals surface area contributed by atoms with Crippen LogP contribution in [0.2, 0.25) is 0 Å². The molecule has 3 rings (SSSR count). The Morgan fingerprint density at radius 2 is 1.70 bits per heavy atom. The molecular weight excluding hydrogens is 250 g/mol. The van der Waals surface area contributed by atoms with Crippen LogP contribution in [0.1, 0.15) is 23.1 Å². The summed E-state index contributed by atoms with van der Waals surface area (Å²) >= 11 is 0. The van der Waals surface area contributed by atoms with Crippen LogP contribution in [-0.2, 0) is 0 Å². The molecule has 0 aliphatic heterocycles. The maximum Gasteiger partial charge on any atom is 0.248 e. The molecule has 2 N–H and O–H groups in total. The summed E-state index contributed by atoms with van der Waals surface area (Å²) in [6.45, 7) is 2.04. The summed E-state index contributed by atoms with van der Waals surface area (Å²) in [7, 11) is 0. The Morgan fingerprint density at radius 1 is 1.00 bits per heavy atom. The van der Waals surface area contributed by atoms with E-state index in [4.69, 9.17) is 10.3 Å². The van der Waals surface area contributed by atoms with Crippen LogP contribution in [-0.4, -0.2) is 10.1 Å². The van der Waals surface area contributed by atoms with Crippen molar-refractivity contribution in [3.05, 3.63) is 71.6 Å². The van der Waals surface area contributed by atoms with Gasteiger partial charge in [0.2, 0.25) is 11.7 Å². The third kappa shape index (κ3) is 2.46. The summed E-state index contributed by atoms with van der Waals surface area (Å²) in [5, 5.41) is 4.00. The zero-order chi connectivity index (χ0) is 13.9. The van der Waals surface area contributed by atoms with Crippen molar-refractivity contribution in [3.8, 4) is 11.4 Å². The first-order valence-electron chi connectivity index (χ1n) is 6.45. The lowest BCUT2D eigenvalue weighted by Crippen LogP contribution is -2.11. The van der Waals surface area contributed by atoms with Crippen LogP contribution in [0.15, 0.2) is 59.1 Å². The van der Waals surface area contributed by atoms with E-state index >= 15 is 0 Å². The summed E-state index contributed by atoms with van der Waals surface area (Å²) in [6, 6.07) is 17.3. The number of aryl methyl sites for hydroxylation is 1. The molecule has 1 atom stereocenters. The molecule has 0 saturated carbocycles. The van der Waals surface area contributed by atoms with Gasteiger partial charge in [-0.2, -0.15) is 4.98 Å². The second-order valence-corrected chi connectivity index (χ2v) is 4.71. The van der Waals surface area contributed by atoms with Gasteiger partial charge in [-0.05, 0) is 12.5 Å². The number of nitrogens with zero attached hydrogens (tertiary/aromatic N) is 2. The molecule has 0 fully saturated rings. The standard InChI is InChI=1S/C16H15N3O/c1-11-7-9-13(10-8-11)15-18-16(20-19-15)14(17)12-5-3-2-4-6-12/h2-10,14H,17H2,1H3. The molecule has 2 aromatic carbocycles. The fourth-order valence-electron chi connectivity index (χ4n) is 1.98. The average Bonchev–Trinajstić information content (AvgIpc) is 2.98. The Balaban J connectivity index is 1.89. The Hall–Kier alpha value is -2.46. The minimum atomic E-state index is -0.400. The van der Waals surface area contributed by atoms with Crippen molar-refractivity contribution in [3.63, 3.8) is 0 Å². The zero-order valence-electron chi connectivity index (χ0n) is 11.2. The molecule has 0 amide bonds. The van der Waals surface area contributed by atoms with Crippen LogP contribution in [0.3, 0.4) is 0 Å². The molecule has 0 radical (unpaired) electrons. The molecular formula is C16H15N3O. The van der Waals surface area contributed by atoms with Crippen molar-refractivity contribution in [2.24, 2.45) is 5.73 Å². The van der Waals surface area contributed by atoms with Gasteiger partial charge in [0, 0.05) is 5.56 Å². The van der Waals surface area contributed by atoms with Gasteiger partial charge in [-0.1, -0.05) is 65.3 Å². The third-order valence-electron chi connectivity index (χ3n) is 3.18. The number of hydrogen-bond acceptors (Lipinski definition) is 4. The van der Waals surface area contributed by atoms with E-state index in [0.717, 1.165) is 11.1 Å². The van der Waals surface area contributed by atoms with Crippen LogP contribution in [0.25, 0.3) is 11.4 Å². The van der Waals surface area contributed by atoms with E-state index in [9.17, 15) is 0 Å². The topological polar surface area (TPSA) is 64.9 Å². The highest BCUT2D eigenvalue weighted by Crippen LogP contribution is 2.21. The number of aromatic nitrogens is 2. The first kappa shape index (κ1) is 12.6. The van der Waals surface area contributed by atoms with Crippen LogP contribution >= 0.6 is 0 Å². The van der Waals surface area contributed by atoms with Crippen LogP contribution < -0.4 is 5.73 Å². The molecule has 0 spiro atoms. The number of benzene rings is 2. The van der Waals surface area contributed by atoms with Gasteiger partial charge in [-0.3, -0.25) is 0 Å². The molecule has 0 aliphatic carbocycles. The molecule has 4 heteroatoms. The Kier molecular flexibility index (Phi) is 3.31. The Labute approximate surface area is 117 Å². The number of rotatable bonds is 3. The number of hydrogen-bond donors (Lipinski definition) is 1. The van der Waals surface area contributed by atoms with Gasteiger partial charge in [0.05, 0.1) is 0 Å². The summed E-state index contributed by atoms with van der Waals surface area (Å²) in [6.07, 6.45) is 0. The van der Waals surface area contributed by atoms with Crippen molar-refractivity contribution < 1.29 is 4.52 Å². The fraction of sp³-hybridized carbons (Fsp3) is 0.125. The average molecular weight is 265 g/mol. The lowest BCUT2D eigenvalue weighted by molar-refractivity contribution is 0.367. The Morgan fingerprint density at radius 3 is 2.40 bits per heavy atom. The molecule has 1 heterocycles. The highest BCUT2D eigenvalue weighted by molar-refractivity contribution is 5.54. The number of nitrogens with two attached hydrogens (primary N) is 1. The van der Waals surface area contributed by atoms with Gasteiger partial charge in [0.1, 0.15) is 6.04 Å². The van der Waals surface area contributed by atoms with E-state index in [1.54, 1.807) is 0 Å². The maximum absolute atomic E-state index is 6.14. The second-order valence-electron chi connectivity index (χ2n) is 4.71. The van der Waals surface area contributed by atoms with E-state index in [2.05, 4.69) is 10.1 Å². The lowest BCUT2D eigenvalue weighted by atomic mass is 10.1. The predicted molar refractivity (Wildman–Crippen MR) is 76.9 cm³/mol. The van der Waals surface area contributed by atoms with Crippen molar-refractivity contribution in [1.29, 1.82) is 0 Å². The van der Waals surface area contributed by atoms with E-state index in [1.807, 2.05) is 61.5 Å². The third-order valence-corrected chi connectivity index (χ3v) is 3.18. The molecule has 4 nitrogen and oxygen atoms in total. The minimum absolute atomic E-state index is 0.400. The fourth-order valence-corrected chi connectivity index (χ4v) is 1.98. The molecule has 0 bridgehead atoms. The van der Waals surface area contributed by atoms with E-state index < -0.39 is 6.04 Å². The quantitative estimate of drug-likeness (QED) is 0.790. The van der Waals surface area contributed by atoms with Crippen LogP contribution in [0, 0.1) is 6.92 Å². The maximum atomic E-state index is 6.14. The summed E-state index contributed by atoms with van der Waals surface area (Å²) in [5.41, 5.74) is 9.20. The molecule has 0 saturated heterocycles. The van der Waals surface area contributed by atoms with Crippen LogP contribution in [0.5, 0.6) is 0 Å². The second kappa shape index (κ2) is 5.27. The molecule has 100 valence electrons. The first-order chi connectivity index (χ1) is 9.74.